The number of hydrogen-bond acceptors (Lipinski definition) is 6. The molecule has 1 aliphatic heterocycles. The van der Waals surface area contributed by atoms with Crippen molar-refractivity contribution < 1.29 is 14.3 Å². The fourth-order valence-electron chi connectivity index (χ4n) is 2.38. The lowest BCUT2D eigenvalue weighted by molar-refractivity contribution is -0.103. The molecular formula is C12H21N5O3. The number of rotatable bonds is 5. The maximum atomic E-state index is 11.2. The van der Waals surface area contributed by atoms with Crippen LogP contribution >= 0.6 is 0 Å². The molecule has 0 saturated carbocycles. The van der Waals surface area contributed by atoms with E-state index in [-0.39, 0.29) is 24.0 Å². The van der Waals surface area contributed by atoms with Crippen molar-refractivity contribution in [1.29, 1.82) is 0 Å². The minimum atomic E-state index is -0.454. The molecule has 0 aromatic carbocycles. The van der Waals surface area contributed by atoms with E-state index < -0.39 is 5.91 Å². The largest absolute Gasteiger partial charge is 0.376 e. The van der Waals surface area contributed by atoms with Gasteiger partial charge in [-0.1, -0.05) is 5.21 Å². The fraction of sp³-hybridized carbons (Fsp3) is 0.750. The highest BCUT2D eigenvalue weighted by Crippen LogP contribution is 2.21. The summed E-state index contributed by atoms with van der Waals surface area (Å²) in [6.07, 6.45) is 4.03. The molecule has 2 atom stereocenters. The lowest BCUT2D eigenvalue weighted by Crippen LogP contribution is -2.34. The zero-order valence-electron chi connectivity index (χ0n) is 11.8. The van der Waals surface area contributed by atoms with Gasteiger partial charge < -0.3 is 9.47 Å². The molecule has 0 bridgehead atoms. The number of carbonyl (C=O) groups is 1. The quantitative estimate of drug-likeness (QED) is 0.442. The van der Waals surface area contributed by atoms with E-state index in [1.165, 1.54) is 0 Å². The molecule has 0 aliphatic carbocycles. The van der Waals surface area contributed by atoms with Crippen molar-refractivity contribution in [2.45, 2.75) is 51.5 Å². The smallest absolute Gasteiger partial charge is 0.287 e. The van der Waals surface area contributed by atoms with Crippen molar-refractivity contribution in [3.63, 3.8) is 0 Å². The third-order valence-electron chi connectivity index (χ3n) is 3.23. The van der Waals surface area contributed by atoms with Crippen LogP contribution in [0.5, 0.6) is 0 Å². The number of nitrogen functional groups attached to an aromatic ring is 1. The van der Waals surface area contributed by atoms with Crippen LogP contribution in [0.3, 0.4) is 0 Å². The maximum Gasteiger partial charge on any atom is 0.287 e. The van der Waals surface area contributed by atoms with Crippen LogP contribution in [0.15, 0.2) is 6.20 Å². The minimum Gasteiger partial charge on any atom is -0.376 e. The Labute approximate surface area is 117 Å². The van der Waals surface area contributed by atoms with Crippen molar-refractivity contribution in [3.05, 3.63) is 11.9 Å². The van der Waals surface area contributed by atoms with Crippen LogP contribution in [0.4, 0.5) is 0 Å². The predicted octanol–water partition coefficient (Wildman–Crippen LogP) is -0.146. The minimum absolute atomic E-state index is 0.195. The van der Waals surface area contributed by atoms with Crippen LogP contribution in [-0.4, -0.2) is 45.8 Å². The van der Waals surface area contributed by atoms with Gasteiger partial charge in [0.1, 0.15) is 0 Å². The van der Waals surface area contributed by atoms with Crippen LogP contribution in [0.2, 0.25) is 0 Å². The molecule has 3 N–H and O–H groups in total. The summed E-state index contributed by atoms with van der Waals surface area (Å²) in [4.78, 5) is 11.2. The second-order valence-corrected chi connectivity index (χ2v) is 5.06. The van der Waals surface area contributed by atoms with E-state index in [0.29, 0.717) is 13.2 Å². The molecule has 1 amide bonds. The lowest BCUT2D eigenvalue weighted by Gasteiger charge is -2.31. The molecule has 1 aliphatic rings. The number of amides is 1. The van der Waals surface area contributed by atoms with Gasteiger partial charge in [-0.2, -0.15) is 0 Å². The van der Waals surface area contributed by atoms with Gasteiger partial charge in [0.05, 0.1) is 37.7 Å². The standard InChI is InChI=1S/C12H21N5O3/c1-8-5-10(6-9(2)20-8)19-4-3-17-7-11(15-16-17)12(18)14-13/h7-10H,3-6,13H2,1-2H3,(H,14,18). The highest BCUT2D eigenvalue weighted by molar-refractivity contribution is 5.91. The number of hydrazine groups is 1. The normalized spacial score (nSPS) is 26.4. The van der Waals surface area contributed by atoms with Gasteiger partial charge in [0, 0.05) is 0 Å². The van der Waals surface area contributed by atoms with Gasteiger partial charge in [0.2, 0.25) is 0 Å². The Morgan fingerprint density at radius 1 is 1.55 bits per heavy atom. The number of nitrogens with two attached hydrogens (primary N) is 1. The topological polar surface area (TPSA) is 104 Å². The van der Waals surface area contributed by atoms with Gasteiger partial charge in [0.25, 0.3) is 5.91 Å². The molecule has 2 heterocycles. The lowest BCUT2D eigenvalue weighted by atomic mass is 10.0. The zero-order valence-corrected chi connectivity index (χ0v) is 11.8. The van der Waals surface area contributed by atoms with Crippen molar-refractivity contribution >= 4 is 5.91 Å². The van der Waals surface area contributed by atoms with E-state index in [4.69, 9.17) is 15.3 Å². The molecule has 8 heteroatoms. The third kappa shape index (κ3) is 3.99. The number of carbonyl (C=O) groups excluding carboxylic acids is 1. The summed E-state index contributed by atoms with van der Waals surface area (Å²) in [5, 5.41) is 7.57. The summed E-state index contributed by atoms with van der Waals surface area (Å²) < 4.78 is 13.1. The van der Waals surface area contributed by atoms with Crippen LogP contribution in [-0.2, 0) is 16.0 Å². The summed E-state index contributed by atoms with van der Waals surface area (Å²) in [6, 6.07) is 0. The van der Waals surface area contributed by atoms with Crippen molar-refractivity contribution in [2.75, 3.05) is 6.61 Å². The van der Waals surface area contributed by atoms with Gasteiger partial charge in [-0.25, -0.2) is 10.5 Å². The molecule has 1 aromatic rings. The molecule has 1 saturated heterocycles. The first-order valence-electron chi connectivity index (χ1n) is 6.76. The Hall–Kier alpha value is -1.51. The summed E-state index contributed by atoms with van der Waals surface area (Å²) in [5.74, 6) is 4.57. The van der Waals surface area contributed by atoms with Gasteiger partial charge >= 0.3 is 0 Å². The molecule has 8 nitrogen and oxygen atoms in total. The van der Waals surface area contributed by atoms with E-state index in [2.05, 4.69) is 24.2 Å². The Kier molecular flexibility index (Phi) is 5.05. The first kappa shape index (κ1) is 14.9. The first-order valence-corrected chi connectivity index (χ1v) is 6.76. The summed E-state index contributed by atoms with van der Waals surface area (Å²) in [7, 11) is 0. The van der Waals surface area contributed by atoms with E-state index in [1.54, 1.807) is 10.9 Å². The zero-order chi connectivity index (χ0) is 14.5. The van der Waals surface area contributed by atoms with E-state index in [0.717, 1.165) is 12.8 Å². The number of nitrogens with one attached hydrogen (secondary N) is 1. The van der Waals surface area contributed by atoms with Crippen LogP contribution in [0.25, 0.3) is 0 Å². The highest BCUT2D eigenvalue weighted by Gasteiger charge is 2.24. The highest BCUT2D eigenvalue weighted by atomic mass is 16.5. The maximum absolute atomic E-state index is 11.2. The summed E-state index contributed by atoms with van der Waals surface area (Å²) in [6.45, 7) is 5.18. The number of aromatic nitrogens is 3. The van der Waals surface area contributed by atoms with Gasteiger partial charge in [-0.3, -0.25) is 10.2 Å². The second kappa shape index (κ2) is 6.78. The average molecular weight is 283 g/mol. The second-order valence-electron chi connectivity index (χ2n) is 5.06. The van der Waals surface area contributed by atoms with Crippen molar-refractivity contribution in [3.8, 4) is 0 Å². The molecule has 0 radical (unpaired) electrons. The summed E-state index contributed by atoms with van der Waals surface area (Å²) >= 11 is 0. The molecule has 20 heavy (non-hydrogen) atoms. The Morgan fingerprint density at radius 2 is 2.25 bits per heavy atom. The van der Waals surface area contributed by atoms with Crippen molar-refractivity contribution in [1.82, 2.24) is 20.4 Å². The fourth-order valence-corrected chi connectivity index (χ4v) is 2.38. The number of nitrogens with zero attached hydrogens (tertiary/aromatic N) is 3. The monoisotopic (exact) mass is 283 g/mol. The van der Waals surface area contributed by atoms with E-state index in [1.807, 2.05) is 5.43 Å². The molecular weight excluding hydrogens is 262 g/mol. The summed E-state index contributed by atoms with van der Waals surface area (Å²) in [5.41, 5.74) is 2.21. The number of ether oxygens (including phenoxy) is 2. The van der Waals surface area contributed by atoms with E-state index >= 15 is 0 Å². The predicted molar refractivity (Wildman–Crippen MR) is 70.7 cm³/mol. The Bertz CT molecular complexity index is 440. The molecule has 1 fully saturated rings. The molecule has 112 valence electrons. The van der Waals surface area contributed by atoms with Crippen molar-refractivity contribution in [2.24, 2.45) is 5.84 Å². The SMILES string of the molecule is CC1CC(OCCn2cc(C(=O)NN)nn2)CC(C)O1. The Balaban J connectivity index is 1.75. The first-order chi connectivity index (χ1) is 9.58. The van der Waals surface area contributed by atoms with Crippen LogP contribution in [0, 0.1) is 0 Å². The Morgan fingerprint density at radius 3 is 2.90 bits per heavy atom. The third-order valence-corrected chi connectivity index (χ3v) is 3.23. The van der Waals surface area contributed by atoms with Gasteiger partial charge in [-0.05, 0) is 26.7 Å². The average Bonchev–Trinajstić information content (AvgIpc) is 2.85. The van der Waals surface area contributed by atoms with Crippen LogP contribution < -0.4 is 11.3 Å². The molecule has 1 aromatic heterocycles. The van der Waals surface area contributed by atoms with Gasteiger partial charge in [0.15, 0.2) is 5.69 Å². The molecule has 2 rings (SSSR count). The van der Waals surface area contributed by atoms with E-state index in [9.17, 15) is 4.79 Å². The molecule has 0 spiro atoms. The van der Waals surface area contributed by atoms with Gasteiger partial charge in [-0.15, -0.1) is 5.10 Å². The molecule has 2 unspecified atom stereocenters. The number of hydrogen-bond donors (Lipinski definition) is 2. The van der Waals surface area contributed by atoms with Crippen LogP contribution in [0.1, 0.15) is 37.2 Å².